The molecule has 0 unspecified atom stereocenters. The van der Waals surface area contributed by atoms with Crippen LogP contribution in [0.15, 0.2) is 36.4 Å². The van der Waals surface area contributed by atoms with E-state index in [4.69, 9.17) is 0 Å². The first-order valence-corrected chi connectivity index (χ1v) is 11.1. The lowest BCUT2D eigenvalue weighted by atomic mass is 10.1. The molecule has 0 radical (unpaired) electrons. The van der Waals surface area contributed by atoms with Crippen molar-refractivity contribution in [2.45, 2.75) is 26.8 Å². The Hall–Kier alpha value is -2.35. The highest BCUT2D eigenvalue weighted by Gasteiger charge is 2.18. The SMILES string of the molecule is Cc1ccc(NC(=O)CN2CCCN(Cc3nc4ccc(F)cc4s3)CC2)cc1C. The molecule has 2 aromatic carbocycles. The molecule has 1 aliphatic heterocycles. The number of thiazole rings is 1. The molecule has 3 aromatic rings. The molecule has 0 saturated carbocycles. The number of rotatable bonds is 5. The van der Waals surface area contributed by atoms with E-state index in [0.29, 0.717) is 6.54 Å². The monoisotopic (exact) mass is 426 g/mol. The van der Waals surface area contributed by atoms with Crippen molar-refractivity contribution in [1.29, 1.82) is 0 Å². The van der Waals surface area contributed by atoms with Crippen LogP contribution >= 0.6 is 11.3 Å². The van der Waals surface area contributed by atoms with Crippen molar-refractivity contribution in [2.75, 3.05) is 38.0 Å². The minimum absolute atomic E-state index is 0.0277. The summed E-state index contributed by atoms with van der Waals surface area (Å²) >= 11 is 1.56. The molecule has 1 aliphatic rings. The summed E-state index contributed by atoms with van der Waals surface area (Å²) in [7, 11) is 0. The topological polar surface area (TPSA) is 48.5 Å². The molecule has 1 amide bonds. The Balaban J connectivity index is 1.29. The molecule has 158 valence electrons. The Bertz CT molecular complexity index is 1050. The van der Waals surface area contributed by atoms with Gasteiger partial charge in [-0.15, -0.1) is 11.3 Å². The van der Waals surface area contributed by atoms with Gasteiger partial charge in [-0.3, -0.25) is 14.6 Å². The van der Waals surface area contributed by atoms with Gasteiger partial charge in [-0.25, -0.2) is 9.37 Å². The zero-order valence-electron chi connectivity index (χ0n) is 17.4. The molecule has 1 N–H and O–H groups in total. The van der Waals surface area contributed by atoms with E-state index >= 15 is 0 Å². The quantitative estimate of drug-likeness (QED) is 0.664. The van der Waals surface area contributed by atoms with Gasteiger partial charge in [0, 0.05) is 18.8 Å². The number of amides is 1. The van der Waals surface area contributed by atoms with Gasteiger partial charge in [-0.1, -0.05) is 6.07 Å². The third-order valence-electron chi connectivity index (χ3n) is 5.59. The molecule has 0 atom stereocenters. The van der Waals surface area contributed by atoms with Crippen LogP contribution in [-0.4, -0.2) is 53.4 Å². The summed E-state index contributed by atoms with van der Waals surface area (Å²) in [6.07, 6.45) is 1.01. The number of aryl methyl sites for hydroxylation is 2. The number of nitrogens with zero attached hydrogens (tertiary/aromatic N) is 3. The maximum absolute atomic E-state index is 13.4. The van der Waals surface area contributed by atoms with Gasteiger partial charge in [-0.2, -0.15) is 0 Å². The van der Waals surface area contributed by atoms with Gasteiger partial charge in [0.1, 0.15) is 10.8 Å². The number of aromatic nitrogens is 1. The van der Waals surface area contributed by atoms with Gasteiger partial charge < -0.3 is 5.32 Å². The minimum atomic E-state index is -0.220. The second-order valence-electron chi connectivity index (χ2n) is 7.97. The zero-order valence-corrected chi connectivity index (χ0v) is 18.3. The van der Waals surface area contributed by atoms with E-state index in [1.165, 1.54) is 17.2 Å². The van der Waals surface area contributed by atoms with Gasteiger partial charge in [0.25, 0.3) is 0 Å². The first kappa shape index (κ1) is 20.9. The van der Waals surface area contributed by atoms with Crippen LogP contribution in [0, 0.1) is 19.7 Å². The van der Waals surface area contributed by atoms with Crippen LogP contribution in [0.25, 0.3) is 10.2 Å². The molecule has 1 fully saturated rings. The Morgan fingerprint density at radius 2 is 1.87 bits per heavy atom. The van der Waals surface area contributed by atoms with Crippen molar-refractivity contribution in [2.24, 2.45) is 0 Å². The van der Waals surface area contributed by atoms with Crippen molar-refractivity contribution >= 4 is 33.1 Å². The summed E-state index contributed by atoms with van der Waals surface area (Å²) in [6, 6.07) is 10.7. The van der Waals surface area contributed by atoms with Crippen LogP contribution in [0.4, 0.5) is 10.1 Å². The average Bonchev–Trinajstić information content (AvgIpc) is 2.96. The molecule has 5 nitrogen and oxygen atoms in total. The van der Waals surface area contributed by atoms with Crippen molar-refractivity contribution in [3.63, 3.8) is 0 Å². The maximum Gasteiger partial charge on any atom is 0.238 e. The van der Waals surface area contributed by atoms with Crippen LogP contribution in [0.1, 0.15) is 22.6 Å². The molecular weight excluding hydrogens is 399 g/mol. The lowest BCUT2D eigenvalue weighted by Gasteiger charge is -2.20. The normalized spacial score (nSPS) is 16.0. The maximum atomic E-state index is 13.4. The summed E-state index contributed by atoms with van der Waals surface area (Å²) in [4.78, 5) is 21.7. The highest BCUT2D eigenvalue weighted by Crippen LogP contribution is 2.24. The molecule has 0 spiro atoms. The standard InChI is InChI=1S/C23H27FN4OS/c1-16-4-6-19(12-17(16)2)25-22(29)14-27-8-3-9-28(11-10-27)15-23-26-20-7-5-18(24)13-21(20)30-23/h4-7,12-13H,3,8-11,14-15H2,1-2H3,(H,25,29). The fourth-order valence-electron chi connectivity index (χ4n) is 3.77. The van der Waals surface area contributed by atoms with E-state index in [2.05, 4.69) is 33.9 Å². The molecule has 7 heteroatoms. The Labute approximate surface area is 180 Å². The fraction of sp³-hybridized carbons (Fsp3) is 0.391. The van der Waals surface area contributed by atoms with Crippen molar-refractivity contribution in [3.05, 3.63) is 58.3 Å². The first-order chi connectivity index (χ1) is 14.5. The number of hydrogen-bond donors (Lipinski definition) is 1. The largest absolute Gasteiger partial charge is 0.325 e. The van der Waals surface area contributed by atoms with Crippen LogP contribution in [0.2, 0.25) is 0 Å². The predicted molar refractivity (Wildman–Crippen MR) is 120 cm³/mol. The Morgan fingerprint density at radius 3 is 2.70 bits per heavy atom. The van der Waals surface area contributed by atoms with Gasteiger partial charge in [-0.05, 0) is 74.8 Å². The van der Waals surface area contributed by atoms with Crippen LogP contribution in [0.3, 0.4) is 0 Å². The smallest absolute Gasteiger partial charge is 0.238 e. The summed E-state index contributed by atoms with van der Waals surface area (Å²) in [6.45, 7) is 8.90. The number of carbonyl (C=O) groups is 1. The Morgan fingerprint density at radius 1 is 1.07 bits per heavy atom. The van der Waals surface area contributed by atoms with Crippen LogP contribution < -0.4 is 5.32 Å². The van der Waals surface area contributed by atoms with E-state index < -0.39 is 0 Å². The molecular formula is C23H27FN4OS. The number of halogens is 1. The van der Waals surface area contributed by atoms with Gasteiger partial charge in [0.05, 0.1) is 23.3 Å². The fourth-order valence-corrected chi connectivity index (χ4v) is 4.80. The molecule has 30 heavy (non-hydrogen) atoms. The molecule has 4 rings (SSSR count). The van der Waals surface area contributed by atoms with E-state index in [0.717, 1.165) is 60.1 Å². The van der Waals surface area contributed by atoms with E-state index in [1.54, 1.807) is 23.5 Å². The second kappa shape index (κ2) is 9.20. The van der Waals surface area contributed by atoms with E-state index in [9.17, 15) is 9.18 Å². The third-order valence-corrected chi connectivity index (χ3v) is 6.60. The number of hydrogen-bond acceptors (Lipinski definition) is 5. The predicted octanol–water partition coefficient (Wildman–Crippen LogP) is 4.20. The number of carbonyl (C=O) groups excluding carboxylic acids is 1. The van der Waals surface area contributed by atoms with Crippen LogP contribution in [-0.2, 0) is 11.3 Å². The minimum Gasteiger partial charge on any atom is -0.325 e. The lowest BCUT2D eigenvalue weighted by molar-refractivity contribution is -0.117. The number of nitrogens with one attached hydrogen (secondary N) is 1. The van der Waals surface area contributed by atoms with Gasteiger partial charge >= 0.3 is 0 Å². The van der Waals surface area contributed by atoms with Crippen LogP contribution in [0.5, 0.6) is 0 Å². The molecule has 2 heterocycles. The summed E-state index contributed by atoms with van der Waals surface area (Å²) < 4.78 is 14.3. The molecule has 1 aromatic heterocycles. The van der Waals surface area contributed by atoms with Gasteiger partial charge in [0.2, 0.25) is 5.91 Å². The number of fused-ring (bicyclic) bond motifs is 1. The third kappa shape index (κ3) is 5.22. The van der Waals surface area contributed by atoms with Gasteiger partial charge in [0.15, 0.2) is 0 Å². The summed E-state index contributed by atoms with van der Waals surface area (Å²) in [5, 5.41) is 4.03. The average molecular weight is 427 g/mol. The highest BCUT2D eigenvalue weighted by molar-refractivity contribution is 7.18. The summed E-state index contributed by atoms with van der Waals surface area (Å²) in [5.41, 5.74) is 4.11. The van der Waals surface area contributed by atoms with E-state index in [-0.39, 0.29) is 11.7 Å². The number of benzene rings is 2. The molecule has 0 aliphatic carbocycles. The molecule has 1 saturated heterocycles. The van der Waals surface area contributed by atoms with Crippen molar-refractivity contribution in [3.8, 4) is 0 Å². The molecule has 0 bridgehead atoms. The number of anilines is 1. The van der Waals surface area contributed by atoms with E-state index in [1.807, 2.05) is 18.2 Å². The second-order valence-corrected chi connectivity index (χ2v) is 9.09. The highest BCUT2D eigenvalue weighted by atomic mass is 32.1. The lowest BCUT2D eigenvalue weighted by Crippen LogP contribution is -2.36. The first-order valence-electron chi connectivity index (χ1n) is 10.3. The van der Waals surface area contributed by atoms with Crippen molar-refractivity contribution < 1.29 is 9.18 Å². The Kier molecular flexibility index (Phi) is 6.41. The summed E-state index contributed by atoms with van der Waals surface area (Å²) in [5.74, 6) is -0.193. The zero-order chi connectivity index (χ0) is 21.1. The van der Waals surface area contributed by atoms with Crippen molar-refractivity contribution in [1.82, 2.24) is 14.8 Å².